The Morgan fingerprint density at radius 2 is 2.07 bits per heavy atom. The number of ether oxygens (including phenoxy) is 1. The van der Waals surface area contributed by atoms with Crippen molar-refractivity contribution in [2.45, 2.75) is 19.6 Å². The fraction of sp³-hybridized carbons (Fsp3) is 0.200. The smallest absolute Gasteiger partial charge is 0.342 e. The minimum Gasteiger partial charge on any atom is -0.449 e. The molecule has 0 spiro atoms. The van der Waals surface area contributed by atoms with Gasteiger partial charge in [-0.05, 0) is 36.8 Å². The lowest BCUT2D eigenvalue weighted by Crippen LogP contribution is -2.37. The highest BCUT2D eigenvalue weighted by molar-refractivity contribution is 5.91. The third-order valence-corrected chi connectivity index (χ3v) is 4.05. The van der Waals surface area contributed by atoms with E-state index in [1.54, 1.807) is 43.7 Å². The Labute approximate surface area is 161 Å². The summed E-state index contributed by atoms with van der Waals surface area (Å²) < 4.78 is 20.0. The molecule has 28 heavy (non-hydrogen) atoms. The van der Waals surface area contributed by atoms with Gasteiger partial charge in [0.05, 0.1) is 23.6 Å². The maximum Gasteiger partial charge on any atom is 0.342 e. The van der Waals surface area contributed by atoms with Crippen LogP contribution in [-0.4, -0.2) is 44.7 Å². The second-order valence-electron chi connectivity index (χ2n) is 6.26. The molecule has 0 radical (unpaired) electrons. The lowest BCUT2D eigenvalue weighted by atomic mass is 10.2. The Balaban J connectivity index is 1.60. The second-order valence-corrected chi connectivity index (χ2v) is 6.26. The molecule has 2 heterocycles. The minimum absolute atomic E-state index is 0.206. The largest absolute Gasteiger partial charge is 0.449 e. The number of hydrogen-bond donors (Lipinski definition) is 0. The summed E-state index contributed by atoms with van der Waals surface area (Å²) in [6, 6.07) is 9.53. The molecule has 3 aromatic rings. The molecule has 1 unspecified atom stereocenters. The van der Waals surface area contributed by atoms with Gasteiger partial charge in [0.2, 0.25) is 0 Å². The van der Waals surface area contributed by atoms with Gasteiger partial charge < -0.3 is 9.64 Å². The molecule has 0 aliphatic heterocycles. The van der Waals surface area contributed by atoms with E-state index in [1.165, 1.54) is 41.0 Å². The summed E-state index contributed by atoms with van der Waals surface area (Å²) in [7, 11) is 1.57. The molecular formula is C20H19FN4O3. The zero-order chi connectivity index (χ0) is 20.1. The fourth-order valence-electron chi connectivity index (χ4n) is 2.64. The summed E-state index contributed by atoms with van der Waals surface area (Å²) in [5, 5.41) is 4.10. The highest BCUT2D eigenvalue weighted by atomic mass is 19.1. The summed E-state index contributed by atoms with van der Waals surface area (Å²) in [5.74, 6) is -1.42. The Kier molecular flexibility index (Phi) is 5.78. The zero-order valence-electron chi connectivity index (χ0n) is 15.4. The van der Waals surface area contributed by atoms with Crippen molar-refractivity contribution in [2.75, 3.05) is 7.05 Å². The van der Waals surface area contributed by atoms with Gasteiger partial charge in [0.1, 0.15) is 5.82 Å². The van der Waals surface area contributed by atoms with Gasteiger partial charge in [-0.3, -0.25) is 9.78 Å². The molecule has 1 aromatic carbocycles. The number of aromatic nitrogens is 3. The first kappa shape index (κ1) is 19.2. The summed E-state index contributed by atoms with van der Waals surface area (Å²) in [6.07, 6.45) is 5.12. The predicted molar refractivity (Wildman–Crippen MR) is 99.1 cm³/mol. The molecule has 0 N–H and O–H groups in total. The monoisotopic (exact) mass is 382 g/mol. The van der Waals surface area contributed by atoms with Crippen molar-refractivity contribution in [1.29, 1.82) is 0 Å². The van der Waals surface area contributed by atoms with E-state index in [1.807, 2.05) is 0 Å². The molecule has 0 aliphatic carbocycles. The van der Waals surface area contributed by atoms with E-state index in [4.69, 9.17) is 4.74 Å². The van der Waals surface area contributed by atoms with Gasteiger partial charge >= 0.3 is 5.97 Å². The van der Waals surface area contributed by atoms with Crippen molar-refractivity contribution >= 4 is 11.9 Å². The normalized spacial score (nSPS) is 11.7. The molecule has 144 valence electrons. The number of pyridine rings is 1. The Bertz CT molecular complexity index is 974. The molecule has 1 amide bonds. The highest BCUT2D eigenvalue weighted by Crippen LogP contribution is 2.11. The maximum absolute atomic E-state index is 13.3. The zero-order valence-corrected chi connectivity index (χ0v) is 15.4. The van der Waals surface area contributed by atoms with E-state index < -0.39 is 18.0 Å². The van der Waals surface area contributed by atoms with Gasteiger partial charge in [-0.1, -0.05) is 12.1 Å². The number of rotatable bonds is 6. The van der Waals surface area contributed by atoms with Gasteiger partial charge in [-0.25, -0.2) is 13.9 Å². The van der Waals surface area contributed by atoms with E-state index in [9.17, 15) is 14.0 Å². The van der Waals surface area contributed by atoms with Gasteiger partial charge in [0.15, 0.2) is 6.10 Å². The topological polar surface area (TPSA) is 77.3 Å². The van der Waals surface area contributed by atoms with Crippen molar-refractivity contribution in [3.63, 3.8) is 0 Å². The molecule has 8 heteroatoms. The molecule has 1 atom stereocenters. The van der Waals surface area contributed by atoms with Crippen LogP contribution in [0.5, 0.6) is 0 Å². The standard InChI is InChI=1S/C20H19FN4O3/c1-14(19(26)24(2)12-15-5-3-6-17(21)9-15)28-20(27)16-10-23-25(13-16)18-7-4-8-22-11-18/h3-11,13-14H,12H2,1-2H3. The first-order valence-corrected chi connectivity index (χ1v) is 8.59. The quantitative estimate of drug-likeness (QED) is 0.613. The number of carbonyl (C=O) groups is 2. The molecule has 0 saturated heterocycles. The summed E-state index contributed by atoms with van der Waals surface area (Å²) >= 11 is 0. The van der Waals surface area contributed by atoms with E-state index in [0.717, 1.165) is 0 Å². The molecule has 0 fully saturated rings. The van der Waals surface area contributed by atoms with Crippen LogP contribution >= 0.6 is 0 Å². The lowest BCUT2D eigenvalue weighted by Gasteiger charge is -2.21. The first-order chi connectivity index (χ1) is 13.4. The van der Waals surface area contributed by atoms with E-state index in [2.05, 4.69) is 10.1 Å². The van der Waals surface area contributed by atoms with Crippen LogP contribution in [0, 0.1) is 5.82 Å². The predicted octanol–water partition coefficient (Wildman–Crippen LogP) is 2.61. The van der Waals surface area contributed by atoms with Crippen LogP contribution in [0.25, 0.3) is 5.69 Å². The number of carbonyl (C=O) groups excluding carboxylic acids is 2. The van der Waals surface area contributed by atoms with Crippen molar-refractivity contribution in [3.8, 4) is 5.69 Å². The van der Waals surface area contributed by atoms with Crippen LogP contribution < -0.4 is 0 Å². The summed E-state index contributed by atoms with van der Waals surface area (Å²) in [5.41, 5.74) is 1.56. The van der Waals surface area contributed by atoms with Crippen molar-refractivity contribution in [2.24, 2.45) is 0 Å². The molecule has 0 aliphatic rings. The third kappa shape index (κ3) is 4.59. The highest BCUT2D eigenvalue weighted by Gasteiger charge is 2.23. The van der Waals surface area contributed by atoms with Crippen LogP contribution in [0.15, 0.2) is 61.2 Å². The Morgan fingerprint density at radius 3 is 2.79 bits per heavy atom. The van der Waals surface area contributed by atoms with Crippen LogP contribution in [-0.2, 0) is 16.1 Å². The Morgan fingerprint density at radius 1 is 1.25 bits per heavy atom. The number of halogens is 1. The SMILES string of the molecule is CC(OC(=O)c1cnn(-c2cccnc2)c1)C(=O)N(C)Cc1cccc(F)c1. The lowest BCUT2D eigenvalue weighted by molar-refractivity contribution is -0.139. The van der Waals surface area contributed by atoms with Gasteiger partial charge in [-0.15, -0.1) is 0 Å². The van der Waals surface area contributed by atoms with Crippen molar-refractivity contribution in [1.82, 2.24) is 19.7 Å². The average molecular weight is 382 g/mol. The maximum atomic E-state index is 13.3. The molecule has 0 bridgehead atoms. The minimum atomic E-state index is -0.993. The summed E-state index contributed by atoms with van der Waals surface area (Å²) in [4.78, 5) is 30.1. The third-order valence-electron chi connectivity index (χ3n) is 4.05. The number of amides is 1. The first-order valence-electron chi connectivity index (χ1n) is 8.59. The number of esters is 1. The number of likely N-dealkylation sites (N-methyl/N-ethyl adjacent to an activating group) is 1. The Hall–Kier alpha value is -3.55. The van der Waals surface area contributed by atoms with E-state index in [-0.39, 0.29) is 17.9 Å². The van der Waals surface area contributed by atoms with Crippen LogP contribution in [0.4, 0.5) is 4.39 Å². The van der Waals surface area contributed by atoms with Gasteiger partial charge in [-0.2, -0.15) is 5.10 Å². The van der Waals surface area contributed by atoms with Gasteiger partial charge in [0, 0.05) is 26.0 Å². The molecule has 2 aromatic heterocycles. The summed E-state index contributed by atoms with van der Waals surface area (Å²) in [6.45, 7) is 1.70. The average Bonchev–Trinajstić information content (AvgIpc) is 3.18. The van der Waals surface area contributed by atoms with Crippen LogP contribution in [0.1, 0.15) is 22.8 Å². The van der Waals surface area contributed by atoms with E-state index in [0.29, 0.717) is 11.3 Å². The number of hydrogen-bond acceptors (Lipinski definition) is 5. The molecule has 3 rings (SSSR count). The molecule has 7 nitrogen and oxygen atoms in total. The van der Waals surface area contributed by atoms with E-state index >= 15 is 0 Å². The van der Waals surface area contributed by atoms with Crippen LogP contribution in [0.3, 0.4) is 0 Å². The molecular weight excluding hydrogens is 363 g/mol. The van der Waals surface area contributed by atoms with Crippen molar-refractivity contribution < 1.29 is 18.7 Å². The number of benzene rings is 1. The van der Waals surface area contributed by atoms with Crippen LogP contribution in [0.2, 0.25) is 0 Å². The van der Waals surface area contributed by atoms with Crippen molar-refractivity contribution in [3.05, 3.63) is 78.1 Å². The number of nitrogens with zero attached hydrogens (tertiary/aromatic N) is 4. The fourth-order valence-corrected chi connectivity index (χ4v) is 2.64. The molecule has 0 saturated carbocycles. The van der Waals surface area contributed by atoms with Gasteiger partial charge in [0.25, 0.3) is 5.91 Å². The second kappa shape index (κ2) is 8.43.